The standard InChI is InChI=1S/Al.2Li.H3O4P/c;;;1-5(2,3)4/h;;;(H3,1,2,3,4)/q+3;2*+1;/p-3. The fraction of sp³-hybridized carbons (Fsp3) is 0. The summed E-state index contributed by atoms with van der Waals surface area (Å²) in [6, 6.07) is 0. The van der Waals surface area contributed by atoms with Gasteiger partial charge in [0, 0.05) is 0 Å². The summed E-state index contributed by atoms with van der Waals surface area (Å²) in [7, 11) is -5.39. The molecule has 0 amide bonds. The van der Waals surface area contributed by atoms with Crippen LogP contribution in [0.3, 0.4) is 0 Å². The van der Waals surface area contributed by atoms with Gasteiger partial charge in [0.2, 0.25) is 0 Å². The Balaban J connectivity index is -0.0000000267. The van der Waals surface area contributed by atoms with Crippen LogP contribution in [-0.4, -0.2) is 17.4 Å². The Morgan fingerprint density at radius 3 is 1.00 bits per heavy atom. The van der Waals surface area contributed by atoms with Gasteiger partial charge in [-0.2, -0.15) is 7.82 Å². The van der Waals surface area contributed by atoms with E-state index in [1.165, 1.54) is 0 Å². The summed E-state index contributed by atoms with van der Waals surface area (Å²) in [5.41, 5.74) is 0. The van der Waals surface area contributed by atoms with E-state index in [0.717, 1.165) is 0 Å². The van der Waals surface area contributed by atoms with Crippen LogP contribution in [0.25, 0.3) is 0 Å². The first-order chi connectivity index (χ1) is 2.00. The largest absolute Gasteiger partial charge is 3.00 e. The van der Waals surface area contributed by atoms with Gasteiger partial charge < -0.3 is 19.2 Å². The monoisotopic (exact) mass is 136 g/mol. The second kappa shape index (κ2) is 8.84. The molecule has 0 aliphatic carbocycles. The molecule has 0 bridgehead atoms. The van der Waals surface area contributed by atoms with Crippen LogP contribution in [0.1, 0.15) is 0 Å². The van der Waals surface area contributed by atoms with Crippen molar-refractivity contribution in [2.24, 2.45) is 0 Å². The number of hydrogen-bond acceptors (Lipinski definition) is 4. The molecule has 0 aliphatic rings. The van der Waals surface area contributed by atoms with Crippen molar-refractivity contribution in [3.8, 4) is 0 Å². The van der Waals surface area contributed by atoms with E-state index in [2.05, 4.69) is 0 Å². The third-order valence-electron chi connectivity index (χ3n) is 0. The van der Waals surface area contributed by atoms with Crippen LogP contribution >= 0.6 is 7.82 Å². The Labute approximate surface area is 81.8 Å². The molecule has 0 unspecified atom stereocenters. The molecule has 8 heteroatoms. The van der Waals surface area contributed by atoms with Crippen molar-refractivity contribution in [1.29, 1.82) is 0 Å². The molecule has 32 valence electrons. The summed E-state index contributed by atoms with van der Waals surface area (Å²) in [4.78, 5) is 25.6. The molecule has 0 atom stereocenters. The first-order valence-corrected chi connectivity index (χ1v) is 2.19. The summed E-state index contributed by atoms with van der Waals surface area (Å²) < 4.78 is 8.55. The van der Waals surface area contributed by atoms with Gasteiger partial charge in [0.05, 0.1) is 0 Å². The molecule has 0 saturated heterocycles. The van der Waals surface area contributed by atoms with E-state index in [4.69, 9.17) is 19.2 Å². The average molecular weight is 136 g/mol. The van der Waals surface area contributed by atoms with Gasteiger partial charge in [0.15, 0.2) is 0 Å². The van der Waals surface area contributed by atoms with Crippen molar-refractivity contribution >= 4 is 25.2 Å². The van der Waals surface area contributed by atoms with Crippen molar-refractivity contribution in [2.75, 3.05) is 0 Å². The minimum absolute atomic E-state index is 0. The number of phosphoric acid groups is 1. The van der Waals surface area contributed by atoms with Gasteiger partial charge in [0.1, 0.15) is 0 Å². The minimum atomic E-state index is -5.39. The predicted molar refractivity (Wildman–Crippen MR) is 13.4 cm³/mol. The topological polar surface area (TPSA) is 86.2 Å². The molecule has 0 aromatic rings. The van der Waals surface area contributed by atoms with E-state index in [1.807, 2.05) is 0 Å². The van der Waals surface area contributed by atoms with Gasteiger partial charge in [-0.25, -0.2) is 0 Å². The Morgan fingerprint density at radius 1 is 1.00 bits per heavy atom. The minimum Gasteiger partial charge on any atom is -0.822 e. The van der Waals surface area contributed by atoms with Gasteiger partial charge >= 0.3 is 55.1 Å². The fourth-order valence-electron chi connectivity index (χ4n) is 0. The average Bonchev–Trinajstić information content (AvgIpc) is 0.722. The Kier molecular flexibility index (Phi) is 24.9. The molecule has 0 aromatic heterocycles. The Morgan fingerprint density at radius 2 is 1.00 bits per heavy atom. The van der Waals surface area contributed by atoms with E-state index in [9.17, 15) is 0 Å². The van der Waals surface area contributed by atoms with Gasteiger partial charge in [0.25, 0.3) is 0 Å². The van der Waals surface area contributed by atoms with Crippen molar-refractivity contribution in [3.05, 3.63) is 0 Å². The molecule has 8 heavy (non-hydrogen) atoms. The van der Waals surface area contributed by atoms with Crippen LogP contribution in [0, 0.1) is 0 Å². The van der Waals surface area contributed by atoms with Crippen LogP contribution in [0.4, 0.5) is 0 Å². The second-order valence-electron chi connectivity index (χ2n) is 0.447. The maximum Gasteiger partial charge on any atom is 3.00 e. The summed E-state index contributed by atoms with van der Waals surface area (Å²) in [5, 5.41) is 0. The van der Waals surface area contributed by atoms with Crippen molar-refractivity contribution < 1.29 is 57.0 Å². The molecule has 0 spiro atoms. The maximum absolute atomic E-state index is 8.55. The third kappa shape index (κ3) is 109. The van der Waals surface area contributed by atoms with Crippen molar-refractivity contribution in [3.63, 3.8) is 0 Å². The molecule has 0 aromatic carbocycles. The summed E-state index contributed by atoms with van der Waals surface area (Å²) >= 11 is 0. The first-order valence-electron chi connectivity index (χ1n) is 0.730. The van der Waals surface area contributed by atoms with Gasteiger partial charge in [-0.05, 0) is 0 Å². The van der Waals surface area contributed by atoms with E-state index in [0.29, 0.717) is 0 Å². The molecular formula is AlLi2O4P+2. The molecule has 0 saturated carbocycles. The Bertz CT molecular complexity index is 60.2. The van der Waals surface area contributed by atoms with Crippen LogP contribution in [0.5, 0.6) is 0 Å². The number of hydrogen-bond donors (Lipinski definition) is 0. The van der Waals surface area contributed by atoms with Gasteiger partial charge in [-0.15, -0.1) is 0 Å². The normalized spacial score (nSPS) is 7.38. The van der Waals surface area contributed by atoms with Gasteiger partial charge in [-0.1, -0.05) is 0 Å². The molecule has 0 aliphatic heterocycles. The number of rotatable bonds is 0. The third-order valence-corrected chi connectivity index (χ3v) is 0. The SMILES string of the molecule is O=P([O-])([O-])[O-].[Al+3].[Li+].[Li+]. The van der Waals surface area contributed by atoms with E-state index < -0.39 is 7.82 Å². The van der Waals surface area contributed by atoms with Crippen molar-refractivity contribution in [1.82, 2.24) is 0 Å². The fourth-order valence-corrected chi connectivity index (χ4v) is 0. The zero-order valence-electron chi connectivity index (χ0n) is 4.66. The summed E-state index contributed by atoms with van der Waals surface area (Å²) in [6.07, 6.45) is 0. The summed E-state index contributed by atoms with van der Waals surface area (Å²) in [6.45, 7) is 0. The maximum atomic E-state index is 8.55. The summed E-state index contributed by atoms with van der Waals surface area (Å²) in [5.74, 6) is 0. The smallest absolute Gasteiger partial charge is 0.822 e. The zero-order valence-corrected chi connectivity index (χ0v) is 6.71. The molecular weight excluding hydrogens is 136 g/mol. The second-order valence-corrected chi connectivity index (χ2v) is 1.34. The zero-order chi connectivity index (χ0) is 4.50. The molecule has 0 N–H and O–H groups in total. The predicted octanol–water partition coefficient (Wildman–Crippen LogP) is -9.20. The van der Waals surface area contributed by atoms with Crippen LogP contribution in [0.15, 0.2) is 0 Å². The molecule has 0 radical (unpaired) electrons. The van der Waals surface area contributed by atoms with Gasteiger partial charge in [-0.3, -0.25) is 0 Å². The van der Waals surface area contributed by atoms with Crippen molar-refractivity contribution in [2.45, 2.75) is 0 Å². The Hall–Kier alpha value is 1.84. The molecule has 0 heterocycles. The van der Waals surface area contributed by atoms with Crippen LogP contribution in [0.2, 0.25) is 0 Å². The molecule has 0 rings (SSSR count). The molecule has 0 fully saturated rings. The first kappa shape index (κ1) is 22.5. The van der Waals surface area contributed by atoms with E-state index >= 15 is 0 Å². The van der Waals surface area contributed by atoms with Crippen LogP contribution < -0.4 is 52.4 Å². The van der Waals surface area contributed by atoms with E-state index in [-0.39, 0.29) is 55.1 Å². The van der Waals surface area contributed by atoms with E-state index in [1.54, 1.807) is 0 Å². The van der Waals surface area contributed by atoms with Crippen LogP contribution in [-0.2, 0) is 4.57 Å². The molecule has 4 nitrogen and oxygen atoms in total. The quantitative estimate of drug-likeness (QED) is 0.244.